The van der Waals surface area contributed by atoms with Crippen LogP contribution in [0.5, 0.6) is 0 Å². The molecule has 1 unspecified atom stereocenters. The monoisotopic (exact) mass is 224 g/mol. The van der Waals surface area contributed by atoms with Crippen LogP contribution in [0.15, 0.2) is 10.5 Å². The fourth-order valence-corrected chi connectivity index (χ4v) is 1.70. The summed E-state index contributed by atoms with van der Waals surface area (Å²) in [6.45, 7) is 8.79. The smallest absolute Gasteiger partial charge is 0.233 e. The van der Waals surface area contributed by atoms with Crippen molar-refractivity contribution >= 4 is 5.91 Å². The Balaban J connectivity index is 2.49. The molecule has 2 N–H and O–H groups in total. The van der Waals surface area contributed by atoms with E-state index in [2.05, 4.69) is 10.6 Å². The van der Waals surface area contributed by atoms with E-state index in [1.54, 1.807) is 0 Å². The third-order valence-corrected chi connectivity index (χ3v) is 2.49. The molecule has 0 aliphatic carbocycles. The van der Waals surface area contributed by atoms with Crippen LogP contribution in [0.1, 0.15) is 37.0 Å². The van der Waals surface area contributed by atoms with E-state index < -0.39 is 0 Å². The van der Waals surface area contributed by atoms with E-state index >= 15 is 0 Å². The van der Waals surface area contributed by atoms with Crippen molar-refractivity contribution in [3.8, 4) is 0 Å². The second-order valence-electron chi connectivity index (χ2n) is 3.92. The Kier molecular flexibility index (Phi) is 4.55. The minimum atomic E-state index is 0.0206. The fraction of sp³-hybridized carbons (Fsp3) is 0.583. The van der Waals surface area contributed by atoms with Gasteiger partial charge in [0.1, 0.15) is 11.5 Å². The number of carbonyl (C=O) groups excluding carboxylic acids is 1. The Morgan fingerprint density at radius 2 is 2.19 bits per heavy atom. The summed E-state index contributed by atoms with van der Waals surface area (Å²) in [6.07, 6.45) is 0. The lowest BCUT2D eigenvalue weighted by atomic mass is 10.1. The summed E-state index contributed by atoms with van der Waals surface area (Å²) in [6, 6.07) is 2.13. The van der Waals surface area contributed by atoms with Crippen LogP contribution in [-0.4, -0.2) is 19.0 Å². The van der Waals surface area contributed by atoms with Crippen molar-refractivity contribution in [3.05, 3.63) is 23.2 Å². The van der Waals surface area contributed by atoms with E-state index in [9.17, 15) is 4.79 Å². The maximum atomic E-state index is 11.3. The first-order chi connectivity index (χ1) is 7.54. The average Bonchev–Trinajstić information content (AvgIpc) is 2.55. The first kappa shape index (κ1) is 12.8. The van der Waals surface area contributed by atoms with Crippen molar-refractivity contribution in [3.63, 3.8) is 0 Å². The molecule has 0 aliphatic heterocycles. The minimum absolute atomic E-state index is 0.0206. The topological polar surface area (TPSA) is 54.3 Å². The molecule has 90 valence electrons. The highest BCUT2D eigenvalue weighted by Gasteiger charge is 2.12. The predicted molar refractivity (Wildman–Crippen MR) is 63.3 cm³/mol. The zero-order chi connectivity index (χ0) is 12.1. The Bertz CT molecular complexity index is 358. The number of carbonyl (C=O) groups is 1. The second-order valence-corrected chi connectivity index (χ2v) is 3.92. The maximum absolute atomic E-state index is 11.3. The molecule has 0 saturated carbocycles. The predicted octanol–water partition coefficient (Wildman–Crippen LogP) is 1.68. The zero-order valence-corrected chi connectivity index (χ0v) is 10.4. The van der Waals surface area contributed by atoms with Crippen LogP contribution in [0, 0.1) is 13.8 Å². The van der Waals surface area contributed by atoms with Crippen molar-refractivity contribution in [1.82, 2.24) is 10.6 Å². The lowest BCUT2D eigenvalue weighted by molar-refractivity contribution is -0.120. The third-order valence-electron chi connectivity index (χ3n) is 2.49. The van der Waals surface area contributed by atoms with Crippen LogP contribution in [0.2, 0.25) is 0 Å². The number of nitrogens with one attached hydrogen (secondary N) is 2. The van der Waals surface area contributed by atoms with Gasteiger partial charge in [0.15, 0.2) is 0 Å². The molecular weight excluding hydrogens is 204 g/mol. The first-order valence-electron chi connectivity index (χ1n) is 5.61. The standard InChI is InChI=1S/C12H20N2O2/c1-5-13-12(15)7-14-9(3)11-6-8(2)16-10(11)4/h6,9,14H,5,7H2,1-4H3,(H,13,15). The second kappa shape index (κ2) is 5.70. The van der Waals surface area contributed by atoms with Gasteiger partial charge in [-0.15, -0.1) is 0 Å². The van der Waals surface area contributed by atoms with Gasteiger partial charge in [0.25, 0.3) is 0 Å². The number of furan rings is 1. The van der Waals surface area contributed by atoms with E-state index in [0.29, 0.717) is 13.1 Å². The largest absolute Gasteiger partial charge is 0.466 e. The van der Waals surface area contributed by atoms with Gasteiger partial charge in [-0.05, 0) is 33.8 Å². The van der Waals surface area contributed by atoms with Gasteiger partial charge in [-0.1, -0.05) is 0 Å². The van der Waals surface area contributed by atoms with Gasteiger partial charge in [0.05, 0.1) is 6.54 Å². The van der Waals surface area contributed by atoms with Crippen LogP contribution >= 0.6 is 0 Å². The first-order valence-corrected chi connectivity index (χ1v) is 5.61. The summed E-state index contributed by atoms with van der Waals surface area (Å²) in [5.41, 5.74) is 1.11. The van der Waals surface area contributed by atoms with Gasteiger partial charge in [-0.2, -0.15) is 0 Å². The summed E-state index contributed by atoms with van der Waals surface area (Å²) in [4.78, 5) is 11.3. The van der Waals surface area contributed by atoms with Gasteiger partial charge < -0.3 is 15.1 Å². The van der Waals surface area contributed by atoms with Crippen molar-refractivity contribution in [2.75, 3.05) is 13.1 Å². The number of rotatable bonds is 5. The molecule has 0 radical (unpaired) electrons. The Morgan fingerprint density at radius 1 is 1.50 bits per heavy atom. The van der Waals surface area contributed by atoms with E-state index in [0.717, 1.165) is 17.1 Å². The molecule has 0 bridgehead atoms. The molecule has 0 aromatic carbocycles. The van der Waals surface area contributed by atoms with Gasteiger partial charge in [-0.25, -0.2) is 0 Å². The van der Waals surface area contributed by atoms with Crippen molar-refractivity contribution in [2.45, 2.75) is 33.7 Å². The molecule has 16 heavy (non-hydrogen) atoms. The Morgan fingerprint density at radius 3 is 2.69 bits per heavy atom. The highest BCUT2D eigenvalue weighted by Crippen LogP contribution is 2.20. The molecule has 1 amide bonds. The summed E-state index contributed by atoms with van der Waals surface area (Å²) in [5, 5.41) is 5.91. The van der Waals surface area contributed by atoms with Crippen molar-refractivity contribution < 1.29 is 9.21 Å². The minimum Gasteiger partial charge on any atom is -0.466 e. The molecule has 1 rings (SSSR count). The van der Waals surface area contributed by atoms with Crippen LogP contribution in [0.4, 0.5) is 0 Å². The number of hydrogen-bond donors (Lipinski definition) is 2. The fourth-order valence-electron chi connectivity index (χ4n) is 1.70. The van der Waals surface area contributed by atoms with E-state index in [1.807, 2.05) is 33.8 Å². The normalized spacial score (nSPS) is 12.5. The average molecular weight is 224 g/mol. The van der Waals surface area contributed by atoms with E-state index in [1.165, 1.54) is 0 Å². The zero-order valence-electron chi connectivity index (χ0n) is 10.4. The Labute approximate surface area is 96.4 Å². The molecule has 0 aliphatic rings. The van der Waals surface area contributed by atoms with Gasteiger partial charge in [0.2, 0.25) is 5.91 Å². The summed E-state index contributed by atoms with van der Waals surface area (Å²) in [7, 11) is 0. The SMILES string of the molecule is CCNC(=O)CNC(C)c1cc(C)oc1C. The molecule has 0 fully saturated rings. The highest BCUT2D eigenvalue weighted by atomic mass is 16.3. The highest BCUT2D eigenvalue weighted by molar-refractivity contribution is 5.77. The van der Waals surface area contributed by atoms with Crippen LogP contribution < -0.4 is 10.6 Å². The summed E-state index contributed by atoms with van der Waals surface area (Å²) >= 11 is 0. The lowest BCUT2D eigenvalue weighted by Gasteiger charge is -2.12. The van der Waals surface area contributed by atoms with Crippen molar-refractivity contribution in [1.29, 1.82) is 0 Å². The summed E-state index contributed by atoms with van der Waals surface area (Å²) < 4.78 is 5.45. The number of likely N-dealkylation sites (N-methyl/N-ethyl adjacent to an activating group) is 1. The van der Waals surface area contributed by atoms with Crippen molar-refractivity contribution in [2.24, 2.45) is 0 Å². The maximum Gasteiger partial charge on any atom is 0.233 e. The van der Waals surface area contributed by atoms with Crippen LogP contribution in [-0.2, 0) is 4.79 Å². The quantitative estimate of drug-likeness (QED) is 0.800. The van der Waals surface area contributed by atoms with E-state index in [-0.39, 0.29) is 11.9 Å². The number of hydrogen-bond acceptors (Lipinski definition) is 3. The Hall–Kier alpha value is -1.29. The molecule has 4 heteroatoms. The van der Waals surface area contributed by atoms with Gasteiger partial charge >= 0.3 is 0 Å². The molecule has 1 aromatic rings. The third kappa shape index (κ3) is 3.38. The molecule has 1 aromatic heterocycles. The van der Waals surface area contributed by atoms with Gasteiger partial charge in [-0.3, -0.25) is 4.79 Å². The van der Waals surface area contributed by atoms with Crippen LogP contribution in [0.3, 0.4) is 0 Å². The molecule has 4 nitrogen and oxygen atoms in total. The molecule has 0 spiro atoms. The molecular formula is C12H20N2O2. The molecule has 0 saturated heterocycles. The number of amides is 1. The molecule has 1 atom stereocenters. The molecule has 1 heterocycles. The van der Waals surface area contributed by atoms with E-state index in [4.69, 9.17) is 4.42 Å². The van der Waals surface area contributed by atoms with Gasteiger partial charge in [0, 0.05) is 18.2 Å². The van der Waals surface area contributed by atoms with Crippen LogP contribution in [0.25, 0.3) is 0 Å². The summed E-state index contributed by atoms with van der Waals surface area (Å²) in [5.74, 6) is 1.83. The lowest BCUT2D eigenvalue weighted by Crippen LogP contribution is -2.34. The number of aryl methyl sites for hydroxylation is 2.